The highest BCUT2D eigenvalue weighted by Crippen LogP contribution is 2.10. The summed E-state index contributed by atoms with van der Waals surface area (Å²) in [6.07, 6.45) is 12.9. The van der Waals surface area contributed by atoms with Gasteiger partial charge in [0.25, 0.3) is 5.97 Å². The molecule has 0 aromatic heterocycles. The van der Waals surface area contributed by atoms with Gasteiger partial charge in [0.15, 0.2) is 0 Å². The average molecular weight is 261 g/mol. The van der Waals surface area contributed by atoms with Crippen LogP contribution in [0.1, 0.15) is 71.1 Å². The molecule has 0 bridgehead atoms. The van der Waals surface area contributed by atoms with Crippen molar-refractivity contribution in [3.05, 3.63) is 0 Å². The van der Waals surface area contributed by atoms with Crippen LogP contribution < -0.4 is 5.32 Å². The van der Waals surface area contributed by atoms with Gasteiger partial charge in [0.05, 0.1) is 6.54 Å². The van der Waals surface area contributed by atoms with Gasteiger partial charge < -0.3 is 20.6 Å². The monoisotopic (exact) mass is 261 g/mol. The first-order valence-corrected chi connectivity index (χ1v) is 7.44. The molecule has 0 unspecified atom stereocenters. The summed E-state index contributed by atoms with van der Waals surface area (Å²) < 4.78 is 0. The molecule has 0 spiro atoms. The van der Waals surface area contributed by atoms with Gasteiger partial charge in [0.2, 0.25) is 0 Å². The molecule has 0 atom stereocenters. The fraction of sp³-hybridized carbons (Fsp3) is 1.00. The maximum absolute atomic E-state index is 8.63. The molecule has 0 saturated carbocycles. The molecule has 4 nitrogen and oxygen atoms in total. The lowest BCUT2D eigenvalue weighted by Crippen LogP contribution is -2.40. The molecule has 0 aliphatic carbocycles. The molecule has 0 radical (unpaired) electrons. The second-order valence-electron chi connectivity index (χ2n) is 5.13. The van der Waals surface area contributed by atoms with E-state index in [9.17, 15) is 0 Å². The van der Waals surface area contributed by atoms with E-state index >= 15 is 0 Å². The number of rotatable bonds is 13. The molecule has 0 rings (SSSR count). The third kappa shape index (κ3) is 15.8. The topological polar surface area (TPSA) is 72.7 Å². The minimum absolute atomic E-state index is 0.190. The van der Waals surface area contributed by atoms with Crippen LogP contribution in [0.3, 0.4) is 0 Å². The molecule has 0 fully saturated rings. The van der Waals surface area contributed by atoms with Crippen LogP contribution in [0.4, 0.5) is 0 Å². The Morgan fingerprint density at radius 1 is 0.722 bits per heavy atom. The number of unbranched alkanes of at least 4 members (excludes halogenated alkanes) is 9. The maximum Gasteiger partial charge on any atom is 0.288 e. The molecule has 0 saturated heterocycles. The summed E-state index contributed by atoms with van der Waals surface area (Å²) in [7, 11) is 0. The zero-order valence-electron chi connectivity index (χ0n) is 11.8. The van der Waals surface area contributed by atoms with Gasteiger partial charge in [-0.15, -0.1) is 0 Å². The lowest BCUT2D eigenvalue weighted by atomic mass is 10.1. The van der Waals surface area contributed by atoms with Crippen LogP contribution in [0.15, 0.2) is 0 Å². The maximum atomic E-state index is 8.63. The van der Waals surface area contributed by atoms with E-state index in [-0.39, 0.29) is 6.54 Å². The Hall–Kier alpha value is -0.160. The lowest BCUT2D eigenvalue weighted by molar-refractivity contribution is -0.306. The largest absolute Gasteiger partial charge is 0.343 e. The van der Waals surface area contributed by atoms with Crippen molar-refractivity contribution in [1.82, 2.24) is 5.32 Å². The smallest absolute Gasteiger partial charge is 0.288 e. The van der Waals surface area contributed by atoms with Crippen molar-refractivity contribution in [3.63, 3.8) is 0 Å². The number of hydrogen-bond acceptors (Lipinski definition) is 4. The minimum Gasteiger partial charge on any atom is -0.343 e. The van der Waals surface area contributed by atoms with Crippen molar-refractivity contribution in [2.75, 3.05) is 13.1 Å². The van der Waals surface area contributed by atoms with Crippen molar-refractivity contribution in [2.24, 2.45) is 0 Å². The zero-order valence-corrected chi connectivity index (χ0v) is 11.8. The van der Waals surface area contributed by atoms with Crippen LogP contribution in [0.5, 0.6) is 0 Å². The first-order valence-electron chi connectivity index (χ1n) is 7.44. The summed E-state index contributed by atoms with van der Waals surface area (Å²) >= 11 is 0. The highest BCUT2D eigenvalue weighted by Gasteiger charge is 2.15. The van der Waals surface area contributed by atoms with Gasteiger partial charge in [-0.3, -0.25) is 0 Å². The van der Waals surface area contributed by atoms with Gasteiger partial charge in [0, 0.05) is 0 Å². The summed E-state index contributed by atoms with van der Waals surface area (Å²) in [5, 5.41) is 28.7. The van der Waals surface area contributed by atoms with Crippen molar-refractivity contribution in [1.29, 1.82) is 0 Å². The summed E-state index contributed by atoms with van der Waals surface area (Å²) in [5.41, 5.74) is 0. The SMILES string of the molecule is CCCCCCCCCCCCNCC(O)(O)O. The zero-order chi connectivity index (χ0) is 13.7. The fourth-order valence-corrected chi connectivity index (χ4v) is 1.99. The van der Waals surface area contributed by atoms with Crippen molar-refractivity contribution >= 4 is 0 Å². The number of aliphatic hydroxyl groups is 3. The molecule has 0 aliphatic heterocycles. The fourth-order valence-electron chi connectivity index (χ4n) is 1.99. The molecular formula is C14H31NO3. The minimum atomic E-state index is -2.57. The molecule has 4 N–H and O–H groups in total. The second kappa shape index (κ2) is 11.9. The van der Waals surface area contributed by atoms with Crippen LogP contribution in [0.2, 0.25) is 0 Å². The van der Waals surface area contributed by atoms with Gasteiger partial charge >= 0.3 is 0 Å². The summed E-state index contributed by atoms with van der Waals surface area (Å²) in [5.74, 6) is -2.57. The summed E-state index contributed by atoms with van der Waals surface area (Å²) in [6, 6.07) is 0. The first kappa shape index (κ1) is 17.8. The Labute approximate surface area is 111 Å². The van der Waals surface area contributed by atoms with Crippen molar-refractivity contribution in [2.45, 2.75) is 77.1 Å². The third-order valence-electron chi connectivity index (χ3n) is 3.07. The van der Waals surface area contributed by atoms with E-state index in [4.69, 9.17) is 15.3 Å². The first-order chi connectivity index (χ1) is 8.56. The van der Waals surface area contributed by atoms with E-state index in [1.54, 1.807) is 0 Å². The van der Waals surface area contributed by atoms with Crippen LogP contribution in [-0.2, 0) is 0 Å². The third-order valence-corrected chi connectivity index (χ3v) is 3.07. The van der Waals surface area contributed by atoms with E-state index in [0.717, 1.165) is 19.4 Å². The molecule has 0 aromatic carbocycles. The second-order valence-corrected chi connectivity index (χ2v) is 5.13. The van der Waals surface area contributed by atoms with E-state index in [1.165, 1.54) is 51.4 Å². The Morgan fingerprint density at radius 2 is 1.17 bits per heavy atom. The average Bonchev–Trinajstić information content (AvgIpc) is 2.29. The Bertz CT molecular complexity index is 169. The molecule has 18 heavy (non-hydrogen) atoms. The van der Waals surface area contributed by atoms with Gasteiger partial charge in [0.1, 0.15) is 0 Å². The van der Waals surface area contributed by atoms with Crippen LogP contribution in [0, 0.1) is 0 Å². The van der Waals surface area contributed by atoms with E-state index < -0.39 is 5.97 Å². The molecule has 0 amide bonds. The Morgan fingerprint density at radius 3 is 1.61 bits per heavy atom. The van der Waals surface area contributed by atoms with Gasteiger partial charge in [-0.2, -0.15) is 0 Å². The lowest BCUT2D eigenvalue weighted by Gasteiger charge is -2.14. The normalized spacial score (nSPS) is 12.0. The van der Waals surface area contributed by atoms with E-state index in [0.29, 0.717) is 0 Å². The predicted molar refractivity (Wildman–Crippen MR) is 74.1 cm³/mol. The van der Waals surface area contributed by atoms with Crippen molar-refractivity contribution < 1.29 is 15.3 Å². The predicted octanol–water partition coefficient (Wildman–Crippen LogP) is 2.13. The standard InChI is InChI=1S/C14H31NO3/c1-2-3-4-5-6-7-8-9-10-11-12-15-13-14(16,17)18/h15-18H,2-13H2,1H3. The number of hydrogen-bond donors (Lipinski definition) is 4. The van der Waals surface area contributed by atoms with Gasteiger partial charge in [-0.1, -0.05) is 64.7 Å². The van der Waals surface area contributed by atoms with Crippen LogP contribution in [0.25, 0.3) is 0 Å². The molecule has 0 heterocycles. The quantitative estimate of drug-likeness (QED) is 0.303. The molecule has 0 aliphatic rings. The van der Waals surface area contributed by atoms with Crippen molar-refractivity contribution in [3.8, 4) is 0 Å². The highest BCUT2D eigenvalue weighted by molar-refractivity contribution is 4.54. The van der Waals surface area contributed by atoms with E-state index in [2.05, 4.69) is 12.2 Å². The summed E-state index contributed by atoms with van der Waals surface area (Å²) in [4.78, 5) is 0. The molecule has 4 heteroatoms. The van der Waals surface area contributed by atoms with Crippen LogP contribution >= 0.6 is 0 Å². The Balaban J connectivity index is 2.99. The highest BCUT2D eigenvalue weighted by atomic mass is 16.7. The number of nitrogens with one attached hydrogen (secondary N) is 1. The van der Waals surface area contributed by atoms with Gasteiger partial charge in [-0.05, 0) is 13.0 Å². The molecular weight excluding hydrogens is 230 g/mol. The summed E-state index contributed by atoms with van der Waals surface area (Å²) in [6.45, 7) is 2.77. The van der Waals surface area contributed by atoms with E-state index in [1.807, 2.05) is 0 Å². The van der Waals surface area contributed by atoms with Crippen LogP contribution in [-0.4, -0.2) is 34.4 Å². The molecule has 0 aromatic rings. The Kier molecular flexibility index (Phi) is 11.8. The molecule has 110 valence electrons. The van der Waals surface area contributed by atoms with Gasteiger partial charge in [-0.25, -0.2) is 0 Å².